The first kappa shape index (κ1) is 16.0. The van der Waals surface area contributed by atoms with Crippen molar-refractivity contribution in [1.29, 1.82) is 0 Å². The number of rotatable bonds is 8. The van der Waals surface area contributed by atoms with E-state index in [2.05, 4.69) is 13.8 Å². The first-order chi connectivity index (χ1) is 5.41. The molecule has 0 rings (SSSR count). The molecule has 0 aliphatic heterocycles. The van der Waals surface area contributed by atoms with Crippen molar-refractivity contribution in [2.24, 2.45) is 0 Å². The van der Waals surface area contributed by atoms with Crippen molar-refractivity contribution >= 4 is 51.4 Å². The molecule has 0 bridgehead atoms. The van der Waals surface area contributed by atoms with Crippen LogP contribution in [0.2, 0.25) is 0 Å². The summed E-state index contributed by atoms with van der Waals surface area (Å²) in [5.74, 6) is 0. The SMILES string of the molecule is CCCCCOCCCCC.[K]. The zero-order valence-corrected chi connectivity index (χ0v) is 12.2. The van der Waals surface area contributed by atoms with E-state index in [-0.39, 0.29) is 51.4 Å². The van der Waals surface area contributed by atoms with Gasteiger partial charge in [-0.3, -0.25) is 0 Å². The van der Waals surface area contributed by atoms with Crippen molar-refractivity contribution in [1.82, 2.24) is 0 Å². The van der Waals surface area contributed by atoms with Crippen molar-refractivity contribution in [3.63, 3.8) is 0 Å². The third-order valence-electron chi connectivity index (χ3n) is 1.78. The van der Waals surface area contributed by atoms with Gasteiger partial charge in [-0.2, -0.15) is 0 Å². The second-order valence-electron chi connectivity index (χ2n) is 3.03. The molecular formula is C10H22KO. The molecule has 0 aliphatic rings. The van der Waals surface area contributed by atoms with E-state index in [1.54, 1.807) is 0 Å². The van der Waals surface area contributed by atoms with E-state index in [0.717, 1.165) is 13.2 Å². The fourth-order valence-electron chi connectivity index (χ4n) is 1.01. The van der Waals surface area contributed by atoms with Crippen molar-refractivity contribution in [2.75, 3.05) is 13.2 Å². The molecule has 0 amide bonds. The summed E-state index contributed by atoms with van der Waals surface area (Å²) in [6.07, 6.45) is 7.68. The zero-order chi connectivity index (χ0) is 8.36. The van der Waals surface area contributed by atoms with E-state index in [4.69, 9.17) is 4.74 Å². The van der Waals surface area contributed by atoms with Gasteiger partial charge in [-0.05, 0) is 12.8 Å². The standard InChI is InChI=1S/C10H22O.K/c1-3-5-7-9-11-10-8-6-4-2;/h3-10H2,1-2H3;. The summed E-state index contributed by atoms with van der Waals surface area (Å²) in [6, 6.07) is 0. The first-order valence-electron chi connectivity index (χ1n) is 4.99. The van der Waals surface area contributed by atoms with Gasteiger partial charge in [0.1, 0.15) is 0 Å². The van der Waals surface area contributed by atoms with Gasteiger partial charge in [0.05, 0.1) is 0 Å². The molecule has 69 valence electrons. The Morgan fingerprint density at radius 1 is 0.750 bits per heavy atom. The summed E-state index contributed by atoms with van der Waals surface area (Å²) in [6.45, 7) is 6.38. The monoisotopic (exact) mass is 197 g/mol. The molecule has 0 aromatic carbocycles. The Kier molecular flexibility index (Phi) is 20.2. The van der Waals surface area contributed by atoms with Crippen LogP contribution >= 0.6 is 0 Å². The van der Waals surface area contributed by atoms with Gasteiger partial charge < -0.3 is 4.74 Å². The quantitative estimate of drug-likeness (QED) is 0.429. The number of unbranched alkanes of at least 4 members (excludes halogenated alkanes) is 4. The van der Waals surface area contributed by atoms with Gasteiger partial charge >= 0.3 is 0 Å². The van der Waals surface area contributed by atoms with Gasteiger partial charge in [0.15, 0.2) is 0 Å². The molecule has 0 fully saturated rings. The number of ether oxygens (including phenoxy) is 1. The van der Waals surface area contributed by atoms with Crippen molar-refractivity contribution in [3.8, 4) is 0 Å². The van der Waals surface area contributed by atoms with Crippen LogP contribution in [-0.4, -0.2) is 64.6 Å². The van der Waals surface area contributed by atoms with Crippen LogP contribution < -0.4 is 0 Å². The molecule has 0 aromatic rings. The van der Waals surface area contributed by atoms with Crippen LogP contribution in [0.3, 0.4) is 0 Å². The normalized spacial score (nSPS) is 9.50. The summed E-state index contributed by atoms with van der Waals surface area (Å²) in [7, 11) is 0. The molecule has 0 saturated heterocycles. The van der Waals surface area contributed by atoms with Gasteiger partial charge in [-0.25, -0.2) is 0 Å². The van der Waals surface area contributed by atoms with Gasteiger partial charge in [-0.15, -0.1) is 0 Å². The van der Waals surface area contributed by atoms with Crippen molar-refractivity contribution in [3.05, 3.63) is 0 Å². The van der Waals surface area contributed by atoms with E-state index in [9.17, 15) is 0 Å². The van der Waals surface area contributed by atoms with Crippen LogP contribution in [0, 0.1) is 0 Å². The largest absolute Gasteiger partial charge is 0.381 e. The van der Waals surface area contributed by atoms with E-state index in [0.29, 0.717) is 0 Å². The Bertz CT molecular complexity index is 58.9. The molecule has 12 heavy (non-hydrogen) atoms. The predicted octanol–water partition coefficient (Wildman–Crippen LogP) is 3.00. The maximum Gasteiger partial charge on any atom is 0.0466 e. The fourth-order valence-corrected chi connectivity index (χ4v) is 1.01. The van der Waals surface area contributed by atoms with Crippen LogP contribution in [-0.2, 0) is 4.74 Å². The molecular weight excluding hydrogens is 175 g/mol. The van der Waals surface area contributed by atoms with E-state index >= 15 is 0 Å². The van der Waals surface area contributed by atoms with Crippen molar-refractivity contribution in [2.45, 2.75) is 52.4 Å². The Hall–Kier alpha value is 1.60. The third kappa shape index (κ3) is 14.1. The molecule has 0 aliphatic carbocycles. The zero-order valence-electron chi connectivity index (χ0n) is 9.07. The van der Waals surface area contributed by atoms with Crippen LogP contribution in [0.4, 0.5) is 0 Å². The van der Waals surface area contributed by atoms with Gasteiger partial charge in [0.2, 0.25) is 0 Å². The third-order valence-corrected chi connectivity index (χ3v) is 1.78. The second kappa shape index (κ2) is 15.1. The molecule has 0 spiro atoms. The van der Waals surface area contributed by atoms with Gasteiger partial charge in [0, 0.05) is 64.6 Å². The smallest absolute Gasteiger partial charge is 0.0466 e. The summed E-state index contributed by atoms with van der Waals surface area (Å²) in [5, 5.41) is 0. The van der Waals surface area contributed by atoms with E-state index < -0.39 is 0 Å². The summed E-state index contributed by atoms with van der Waals surface area (Å²) >= 11 is 0. The molecule has 0 unspecified atom stereocenters. The first-order valence-corrected chi connectivity index (χ1v) is 4.99. The number of hydrogen-bond donors (Lipinski definition) is 0. The average Bonchev–Trinajstić information content (AvgIpc) is 2.03. The molecule has 1 nitrogen and oxygen atoms in total. The molecule has 0 atom stereocenters. The van der Waals surface area contributed by atoms with Crippen LogP contribution in [0.5, 0.6) is 0 Å². The van der Waals surface area contributed by atoms with Crippen LogP contribution in [0.15, 0.2) is 0 Å². The summed E-state index contributed by atoms with van der Waals surface area (Å²) < 4.78 is 5.44. The van der Waals surface area contributed by atoms with E-state index in [1.165, 1.54) is 38.5 Å². The van der Waals surface area contributed by atoms with Crippen LogP contribution in [0.25, 0.3) is 0 Å². The molecule has 0 aromatic heterocycles. The Labute approximate surface area is 120 Å². The molecule has 2 heteroatoms. The fraction of sp³-hybridized carbons (Fsp3) is 1.00. The van der Waals surface area contributed by atoms with Crippen molar-refractivity contribution < 1.29 is 4.74 Å². The molecule has 0 heterocycles. The topological polar surface area (TPSA) is 9.23 Å². The molecule has 0 saturated carbocycles. The molecule has 1 radical (unpaired) electrons. The minimum atomic E-state index is 0. The molecule has 0 N–H and O–H groups in total. The predicted molar refractivity (Wildman–Crippen MR) is 55.6 cm³/mol. The minimum Gasteiger partial charge on any atom is -0.381 e. The van der Waals surface area contributed by atoms with Gasteiger partial charge in [-0.1, -0.05) is 39.5 Å². The van der Waals surface area contributed by atoms with E-state index in [1.807, 2.05) is 0 Å². The minimum absolute atomic E-state index is 0. The summed E-state index contributed by atoms with van der Waals surface area (Å²) in [4.78, 5) is 0. The maximum absolute atomic E-state index is 5.44. The Morgan fingerprint density at radius 2 is 1.17 bits per heavy atom. The average molecular weight is 197 g/mol. The Morgan fingerprint density at radius 3 is 1.50 bits per heavy atom. The van der Waals surface area contributed by atoms with Gasteiger partial charge in [0.25, 0.3) is 0 Å². The number of hydrogen-bond acceptors (Lipinski definition) is 1. The maximum atomic E-state index is 5.44. The van der Waals surface area contributed by atoms with Crippen LogP contribution in [0.1, 0.15) is 52.4 Å². The second-order valence-corrected chi connectivity index (χ2v) is 3.03. The Balaban J connectivity index is 0. The summed E-state index contributed by atoms with van der Waals surface area (Å²) in [5.41, 5.74) is 0.